The molecule has 1 atom stereocenters. The highest BCUT2D eigenvalue weighted by molar-refractivity contribution is 5.94. The van der Waals surface area contributed by atoms with Gasteiger partial charge in [0.1, 0.15) is 5.69 Å². The number of rotatable bonds is 3. The summed E-state index contributed by atoms with van der Waals surface area (Å²) in [6, 6.07) is 1.99. The number of hydrogen-bond acceptors (Lipinski definition) is 3. The third-order valence-electron chi connectivity index (χ3n) is 3.45. The van der Waals surface area contributed by atoms with Crippen LogP contribution in [0.2, 0.25) is 0 Å². The zero-order valence-corrected chi connectivity index (χ0v) is 11.1. The van der Waals surface area contributed by atoms with Gasteiger partial charge in [-0.3, -0.25) is 4.79 Å². The van der Waals surface area contributed by atoms with Gasteiger partial charge in [0.05, 0.1) is 5.69 Å². The maximum absolute atomic E-state index is 12.2. The number of likely N-dealkylation sites (N-methyl/N-ethyl adjacent to an activating group) is 1. The molecule has 1 aromatic rings. The molecule has 2 heterocycles. The van der Waals surface area contributed by atoms with E-state index in [0.717, 1.165) is 32.5 Å². The molecule has 1 fully saturated rings. The van der Waals surface area contributed by atoms with Crippen molar-refractivity contribution in [3.63, 3.8) is 0 Å². The van der Waals surface area contributed by atoms with Crippen LogP contribution in [0, 0.1) is 0 Å². The fraction of sp³-hybridized carbons (Fsp3) is 0.615. The molecule has 3 N–H and O–H groups in total. The molecule has 18 heavy (non-hydrogen) atoms. The topological polar surface area (TPSA) is 63.3 Å². The molecular weight excluding hydrogens is 228 g/mol. The Kier molecular flexibility index (Phi) is 3.91. The molecule has 5 nitrogen and oxygen atoms in total. The molecule has 1 unspecified atom stereocenters. The highest BCUT2D eigenvalue weighted by Gasteiger charge is 2.21. The third-order valence-corrected chi connectivity index (χ3v) is 3.45. The summed E-state index contributed by atoms with van der Waals surface area (Å²) in [6.07, 6.45) is 4.00. The molecule has 0 saturated carbocycles. The number of hydrogen-bond donors (Lipinski definition) is 2. The van der Waals surface area contributed by atoms with E-state index in [0.29, 0.717) is 11.4 Å². The normalized spacial score (nSPS) is 20.9. The molecule has 0 radical (unpaired) electrons. The Labute approximate surface area is 108 Å². The first-order chi connectivity index (χ1) is 8.60. The van der Waals surface area contributed by atoms with E-state index < -0.39 is 0 Å². The minimum absolute atomic E-state index is 0.0196. The van der Waals surface area contributed by atoms with Crippen LogP contribution in [0.5, 0.6) is 0 Å². The number of piperidine rings is 1. The van der Waals surface area contributed by atoms with E-state index in [1.807, 2.05) is 17.7 Å². The van der Waals surface area contributed by atoms with Crippen molar-refractivity contribution in [2.45, 2.75) is 32.4 Å². The first-order valence-corrected chi connectivity index (χ1v) is 6.55. The van der Waals surface area contributed by atoms with E-state index in [1.54, 1.807) is 6.07 Å². The number of carbonyl (C=O) groups is 1. The average Bonchev–Trinajstić information content (AvgIpc) is 2.70. The van der Waals surface area contributed by atoms with Crippen molar-refractivity contribution in [2.75, 3.05) is 25.9 Å². The zero-order chi connectivity index (χ0) is 13.1. The lowest BCUT2D eigenvalue weighted by atomic mass is 10.1. The molecular formula is C13H22N4O. The van der Waals surface area contributed by atoms with Gasteiger partial charge in [-0.15, -0.1) is 0 Å². The number of carbonyl (C=O) groups excluding carboxylic acids is 1. The molecule has 5 heteroatoms. The van der Waals surface area contributed by atoms with Crippen LogP contribution in [0.3, 0.4) is 0 Å². The minimum atomic E-state index is -0.0196. The van der Waals surface area contributed by atoms with Gasteiger partial charge < -0.3 is 20.5 Å². The van der Waals surface area contributed by atoms with Crippen LogP contribution in [0.25, 0.3) is 0 Å². The number of nitrogen functional groups attached to an aromatic ring is 1. The van der Waals surface area contributed by atoms with Gasteiger partial charge in [-0.05, 0) is 39.4 Å². The molecule has 1 aliphatic heterocycles. The van der Waals surface area contributed by atoms with Crippen molar-refractivity contribution in [3.05, 3.63) is 18.0 Å². The molecule has 1 saturated heterocycles. The SMILES string of the molecule is CCn1cc(N)cc1C(=O)NC1CCCN(C)C1. The van der Waals surface area contributed by atoms with Crippen LogP contribution < -0.4 is 11.1 Å². The number of nitrogens with one attached hydrogen (secondary N) is 1. The number of aromatic nitrogens is 1. The predicted molar refractivity (Wildman–Crippen MR) is 72.5 cm³/mol. The van der Waals surface area contributed by atoms with E-state index in [1.165, 1.54) is 0 Å². The highest BCUT2D eigenvalue weighted by atomic mass is 16.2. The van der Waals surface area contributed by atoms with Crippen molar-refractivity contribution >= 4 is 11.6 Å². The van der Waals surface area contributed by atoms with E-state index in [9.17, 15) is 4.79 Å². The number of likely N-dealkylation sites (tertiary alicyclic amines) is 1. The predicted octanol–water partition coefficient (Wildman–Crippen LogP) is 0.914. The summed E-state index contributed by atoms with van der Waals surface area (Å²) in [5, 5.41) is 3.10. The Balaban J connectivity index is 2.02. The first kappa shape index (κ1) is 13.0. The van der Waals surface area contributed by atoms with Gasteiger partial charge in [0.25, 0.3) is 5.91 Å². The van der Waals surface area contributed by atoms with Crippen LogP contribution in [-0.4, -0.2) is 41.6 Å². The van der Waals surface area contributed by atoms with Gasteiger partial charge in [-0.1, -0.05) is 0 Å². The molecule has 0 aliphatic carbocycles. The first-order valence-electron chi connectivity index (χ1n) is 6.55. The third kappa shape index (κ3) is 2.85. The molecule has 1 aliphatic rings. The van der Waals surface area contributed by atoms with Crippen molar-refractivity contribution < 1.29 is 4.79 Å². The molecule has 1 amide bonds. The van der Waals surface area contributed by atoms with E-state index in [4.69, 9.17) is 5.73 Å². The number of amides is 1. The molecule has 0 spiro atoms. The summed E-state index contributed by atoms with van der Waals surface area (Å²) in [6.45, 7) is 4.80. The Morgan fingerprint density at radius 1 is 1.61 bits per heavy atom. The number of nitrogens with zero attached hydrogens (tertiary/aromatic N) is 2. The average molecular weight is 250 g/mol. The van der Waals surface area contributed by atoms with Crippen LogP contribution in [-0.2, 0) is 6.54 Å². The van der Waals surface area contributed by atoms with Crippen LogP contribution in [0.4, 0.5) is 5.69 Å². The summed E-state index contributed by atoms with van der Waals surface area (Å²) in [7, 11) is 2.09. The van der Waals surface area contributed by atoms with Crippen molar-refractivity contribution in [1.82, 2.24) is 14.8 Å². The molecule has 1 aromatic heterocycles. The summed E-state index contributed by atoms with van der Waals surface area (Å²) in [5.41, 5.74) is 7.04. The second kappa shape index (κ2) is 5.44. The summed E-state index contributed by atoms with van der Waals surface area (Å²) >= 11 is 0. The number of anilines is 1. The van der Waals surface area contributed by atoms with Crippen molar-refractivity contribution in [3.8, 4) is 0 Å². The standard InChI is InChI=1S/C13H22N4O/c1-3-17-8-10(14)7-12(17)13(18)15-11-5-4-6-16(2)9-11/h7-8,11H,3-6,9,14H2,1-2H3,(H,15,18). The van der Waals surface area contributed by atoms with Crippen LogP contribution in [0.1, 0.15) is 30.3 Å². The summed E-state index contributed by atoms with van der Waals surface area (Å²) in [4.78, 5) is 14.5. The quantitative estimate of drug-likeness (QED) is 0.838. The molecule has 100 valence electrons. The zero-order valence-electron chi connectivity index (χ0n) is 11.1. The van der Waals surface area contributed by atoms with Crippen LogP contribution in [0.15, 0.2) is 12.3 Å². The lowest BCUT2D eigenvalue weighted by Crippen LogP contribution is -2.46. The van der Waals surface area contributed by atoms with Gasteiger partial charge in [0.2, 0.25) is 0 Å². The maximum atomic E-state index is 12.2. The fourth-order valence-electron chi connectivity index (χ4n) is 2.53. The van der Waals surface area contributed by atoms with Crippen LogP contribution >= 0.6 is 0 Å². The molecule has 0 aromatic carbocycles. The van der Waals surface area contributed by atoms with E-state index in [2.05, 4.69) is 17.3 Å². The van der Waals surface area contributed by atoms with Gasteiger partial charge in [0.15, 0.2) is 0 Å². The van der Waals surface area contributed by atoms with Gasteiger partial charge in [-0.2, -0.15) is 0 Å². The monoisotopic (exact) mass is 250 g/mol. The Morgan fingerprint density at radius 3 is 3.06 bits per heavy atom. The lowest BCUT2D eigenvalue weighted by molar-refractivity contribution is 0.0903. The largest absolute Gasteiger partial charge is 0.397 e. The van der Waals surface area contributed by atoms with Gasteiger partial charge in [0, 0.05) is 25.3 Å². The highest BCUT2D eigenvalue weighted by Crippen LogP contribution is 2.13. The van der Waals surface area contributed by atoms with Gasteiger partial charge >= 0.3 is 0 Å². The Bertz CT molecular complexity index is 427. The smallest absolute Gasteiger partial charge is 0.268 e. The second-order valence-electron chi connectivity index (χ2n) is 5.02. The van der Waals surface area contributed by atoms with Crippen molar-refractivity contribution in [2.24, 2.45) is 0 Å². The van der Waals surface area contributed by atoms with E-state index in [-0.39, 0.29) is 11.9 Å². The maximum Gasteiger partial charge on any atom is 0.268 e. The lowest BCUT2D eigenvalue weighted by Gasteiger charge is -2.30. The van der Waals surface area contributed by atoms with Crippen molar-refractivity contribution in [1.29, 1.82) is 0 Å². The fourth-order valence-corrected chi connectivity index (χ4v) is 2.53. The molecule has 0 bridgehead atoms. The van der Waals surface area contributed by atoms with Gasteiger partial charge in [-0.25, -0.2) is 0 Å². The minimum Gasteiger partial charge on any atom is -0.397 e. The summed E-state index contributed by atoms with van der Waals surface area (Å²) in [5.74, 6) is -0.0196. The van der Waals surface area contributed by atoms with E-state index >= 15 is 0 Å². The number of aryl methyl sites for hydroxylation is 1. The molecule has 2 rings (SSSR count). The Hall–Kier alpha value is -1.49. The second-order valence-corrected chi connectivity index (χ2v) is 5.02. The number of nitrogens with two attached hydrogens (primary N) is 1. The Morgan fingerprint density at radius 2 is 2.39 bits per heavy atom. The summed E-state index contributed by atoms with van der Waals surface area (Å²) < 4.78 is 1.89.